The van der Waals surface area contributed by atoms with Gasteiger partial charge in [0.05, 0.1) is 22.0 Å². The Bertz CT molecular complexity index is 824. The quantitative estimate of drug-likeness (QED) is 0.673. The highest BCUT2D eigenvalue weighted by Gasteiger charge is 2.26. The van der Waals surface area contributed by atoms with Crippen LogP contribution in [-0.2, 0) is 17.1 Å². The van der Waals surface area contributed by atoms with Crippen LogP contribution in [0.2, 0.25) is 4.34 Å². The number of nitrogens with one attached hydrogen (secondary N) is 1. The lowest BCUT2D eigenvalue weighted by Gasteiger charge is -2.06. The summed E-state index contributed by atoms with van der Waals surface area (Å²) < 4.78 is 28.1. The van der Waals surface area contributed by atoms with Gasteiger partial charge < -0.3 is 0 Å². The number of rotatable bonds is 4. The van der Waals surface area contributed by atoms with Crippen LogP contribution in [0, 0.1) is 24.0 Å². The molecule has 2 aromatic rings. The number of sulfonamides is 1. The zero-order valence-corrected chi connectivity index (χ0v) is 13.6. The smallest absolute Gasteiger partial charge is 0.275 e. The molecule has 0 unspecified atom stereocenters. The van der Waals surface area contributed by atoms with Crippen LogP contribution in [0.3, 0.4) is 0 Å². The lowest BCUT2D eigenvalue weighted by Crippen LogP contribution is -2.12. The second-order valence-corrected chi connectivity index (χ2v) is 7.82. The van der Waals surface area contributed by atoms with Gasteiger partial charge in [0.25, 0.3) is 15.7 Å². The minimum Gasteiger partial charge on any atom is -0.275 e. The molecule has 114 valence electrons. The first-order chi connectivity index (χ1) is 9.63. The molecule has 0 aromatic carbocycles. The predicted molar refractivity (Wildman–Crippen MR) is 79.5 cm³/mol. The molecular formula is C10H11ClN4O4S2. The van der Waals surface area contributed by atoms with Gasteiger partial charge in [-0.05, 0) is 13.8 Å². The average molecular weight is 351 g/mol. The normalized spacial score (nSPS) is 11.6. The Balaban J connectivity index is 2.43. The highest BCUT2D eigenvalue weighted by molar-refractivity contribution is 7.94. The van der Waals surface area contributed by atoms with Crippen molar-refractivity contribution in [1.82, 2.24) is 9.78 Å². The summed E-state index contributed by atoms with van der Waals surface area (Å²) in [7, 11) is -2.27. The topological polar surface area (TPSA) is 107 Å². The molecule has 21 heavy (non-hydrogen) atoms. The van der Waals surface area contributed by atoms with Crippen LogP contribution >= 0.6 is 22.9 Å². The number of nitro groups is 1. The van der Waals surface area contributed by atoms with E-state index in [9.17, 15) is 18.5 Å². The lowest BCUT2D eigenvalue weighted by atomic mass is 10.3. The lowest BCUT2D eigenvalue weighted by molar-refractivity contribution is -0.384. The van der Waals surface area contributed by atoms with E-state index in [1.54, 1.807) is 20.9 Å². The van der Waals surface area contributed by atoms with Gasteiger partial charge in [-0.25, -0.2) is 8.42 Å². The number of aromatic nitrogens is 2. The van der Waals surface area contributed by atoms with E-state index in [2.05, 4.69) is 9.82 Å². The molecule has 0 radical (unpaired) electrons. The molecule has 2 aromatic heterocycles. The second kappa shape index (κ2) is 5.28. The number of hydrogen-bond acceptors (Lipinski definition) is 6. The van der Waals surface area contributed by atoms with Gasteiger partial charge in [-0.3, -0.25) is 19.5 Å². The van der Waals surface area contributed by atoms with E-state index < -0.39 is 20.6 Å². The SMILES string of the molecule is Cc1nn(C)c(C)c1NS(=O)(=O)c1cc([N+](=O)[O-])c(Cl)s1. The standard InChI is InChI=1S/C10H11ClN4O4S2/c1-5-9(6(2)14(3)12-5)13-21(18,19)8-4-7(15(16)17)10(11)20-8/h4,13H,1-3H3. The van der Waals surface area contributed by atoms with E-state index in [1.165, 1.54) is 4.68 Å². The van der Waals surface area contributed by atoms with Crippen LogP contribution in [0.15, 0.2) is 10.3 Å². The summed E-state index contributed by atoms with van der Waals surface area (Å²) in [4.78, 5) is 10.0. The van der Waals surface area contributed by atoms with E-state index in [0.29, 0.717) is 28.4 Å². The fraction of sp³-hybridized carbons (Fsp3) is 0.300. The highest BCUT2D eigenvalue weighted by Crippen LogP contribution is 2.37. The molecule has 0 atom stereocenters. The van der Waals surface area contributed by atoms with Crippen molar-refractivity contribution >= 4 is 44.3 Å². The zero-order valence-electron chi connectivity index (χ0n) is 11.2. The van der Waals surface area contributed by atoms with E-state index in [0.717, 1.165) is 6.07 Å². The molecule has 1 N–H and O–H groups in total. The fourth-order valence-electron chi connectivity index (χ4n) is 1.70. The molecule has 0 bridgehead atoms. The number of aryl methyl sites for hydroxylation is 2. The molecule has 2 rings (SSSR count). The highest BCUT2D eigenvalue weighted by atomic mass is 35.5. The largest absolute Gasteiger partial charge is 0.300 e. The van der Waals surface area contributed by atoms with Crippen LogP contribution < -0.4 is 4.72 Å². The number of hydrogen-bond donors (Lipinski definition) is 1. The maximum absolute atomic E-state index is 12.3. The third kappa shape index (κ3) is 2.87. The van der Waals surface area contributed by atoms with Gasteiger partial charge in [-0.15, -0.1) is 11.3 Å². The van der Waals surface area contributed by atoms with Crippen molar-refractivity contribution in [1.29, 1.82) is 0 Å². The maximum Gasteiger partial charge on any atom is 0.300 e. The molecule has 0 spiro atoms. The van der Waals surface area contributed by atoms with Crippen LogP contribution in [-0.4, -0.2) is 23.1 Å². The Morgan fingerprint density at radius 1 is 1.48 bits per heavy atom. The molecule has 0 amide bonds. The van der Waals surface area contributed by atoms with Crippen LogP contribution in [0.4, 0.5) is 11.4 Å². The van der Waals surface area contributed by atoms with Crippen molar-refractivity contribution in [2.75, 3.05) is 4.72 Å². The van der Waals surface area contributed by atoms with Gasteiger partial charge in [0.1, 0.15) is 4.21 Å². The Labute approximate surface area is 129 Å². The van der Waals surface area contributed by atoms with Crippen LogP contribution in [0.1, 0.15) is 11.4 Å². The molecule has 0 aliphatic rings. The molecule has 0 aliphatic carbocycles. The molecular weight excluding hydrogens is 340 g/mol. The predicted octanol–water partition coefficient (Wildman–Crippen LogP) is 2.46. The Kier molecular flexibility index (Phi) is 3.95. The van der Waals surface area contributed by atoms with Gasteiger partial charge in [-0.2, -0.15) is 5.10 Å². The van der Waals surface area contributed by atoms with E-state index in [-0.39, 0.29) is 8.55 Å². The minimum atomic E-state index is -3.95. The van der Waals surface area contributed by atoms with Gasteiger partial charge in [0.15, 0.2) is 4.34 Å². The number of anilines is 1. The van der Waals surface area contributed by atoms with E-state index in [1.807, 2.05) is 0 Å². The summed E-state index contributed by atoms with van der Waals surface area (Å²) in [6.07, 6.45) is 0. The van der Waals surface area contributed by atoms with Crippen molar-refractivity contribution in [2.45, 2.75) is 18.1 Å². The van der Waals surface area contributed by atoms with Gasteiger partial charge >= 0.3 is 0 Å². The van der Waals surface area contributed by atoms with Gasteiger partial charge in [0.2, 0.25) is 0 Å². The average Bonchev–Trinajstić information content (AvgIpc) is 2.86. The monoisotopic (exact) mass is 350 g/mol. The molecule has 0 saturated carbocycles. The first kappa shape index (κ1) is 15.7. The fourth-order valence-corrected chi connectivity index (χ4v) is 4.54. The first-order valence-electron chi connectivity index (χ1n) is 5.60. The molecule has 11 heteroatoms. The Morgan fingerprint density at radius 3 is 2.52 bits per heavy atom. The maximum atomic E-state index is 12.3. The van der Waals surface area contributed by atoms with Crippen molar-refractivity contribution in [3.8, 4) is 0 Å². The third-order valence-electron chi connectivity index (χ3n) is 2.85. The molecule has 2 heterocycles. The summed E-state index contributed by atoms with van der Waals surface area (Å²) >= 11 is 6.32. The van der Waals surface area contributed by atoms with Crippen LogP contribution in [0.5, 0.6) is 0 Å². The molecule has 0 saturated heterocycles. The summed E-state index contributed by atoms with van der Waals surface area (Å²) in [5, 5.41) is 14.8. The van der Waals surface area contributed by atoms with Crippen molar-refractivity contribution < 1.29 is 13.3 Å². The molecule has 8 nitrogen and oxygen atoms in total. The number of nitrogens with zero attached hydrogens (tertiary/aromatic N) is 3. The van der Waals surface area contributed by atoms with Crippen molar-refractivity contribution in [3.05, 3.63) is 31.9 Å². The van der Waals surface area contributed by atoms with E-state index in [4.69, 9.17) is 11.6 Å². The minimum absolute atomic E-state index is 0.181. The van der Waals surface area contributed by atoms with Crippen molar-refractivity contribution in [3.63, 3.8) is 0 Å². The third-order valence-corrected chi connectivity index (χ3v) is 6.01. The van der Waals surface area contributed by atoms with Gasteiger partial charge in [0, 0.05) is 13.1 Å². The number of halogens is 1. The molecule has 0 aliphatic heterocycles. The number of thiophene rings is 1. The first-order valence-corrected chi connectivity index (χ1v) is 8.28. The van der Waals surface area contributed by atoms with E-state index >= 15 is 0 Å². The Hall–Kier alpha value is -1.65. The summed E-state index contributed by atoms with van der Waals surface area (Å²) in [5.74, 6) is 0. The van der Waals surface area contributed by atoms with Crippen molar-refractivity contribution in [2.24, 2.45) is 7.05 Å². The summed E-state index contributed by atoms with van der Waals surface area (Å²) in [6.45, 7) is 3.37. The Morgan fingerprint density at radius 2 is 2.10 bits per heavy atom. The molecule has 0 fully saturated rings. The van der Waals surface area contributed by atoms with Gasteiger partial charge in [-0.1, -0.05) is 11.6 Å². The second-order valence-electron chi connectivity index (χ2n) is 4.26. The summed E-state index contributed by atoms with van der Waals surface area (Å²) in [5.41, 5.74) is 1.07. The zero-order chi connectivity index (χ0) is 15.9. The van der Waals surface area contributed by atoms with Crippen LogP contribution in [0.25, 0.3) is 0 Å². The summed E-state index contributed by atoms with van der Waals surface area (Å²) in [6, 6.07) is 0.941.